The molecule has 0 fully saturated rings. The zero-order valence-electron chi connectivity index (χ0n) is 60.3. The molecule has 8 aromatic rings. The van der Waals surface area contributed by atoms with E-state index in [1.54, 1.807) is 72.8 Å². The number of para-hydroxylation sites is 1. The van der Waals surface area contributed by atoms with Gasteiger partial charge in [0.1, 0.15) is 51.7 Å². The highest BCUT2D eigenvalue weighted by Crippen LogP contribution is 2.42. The Morgan fingerprint density at radius 1 is 0.167 bits per heavy atom. The third-order valence-electron chi connectivity index (χ3n) is 14.3. The van der Waals surface area contributed by atoms with Crippen LogP contribution in [0, 0.1) is 0 Å². The first-order chi connectivity index (χ1) is 42.5. The van der Waals surface area contributed by atoms with E-state index in [-0.39, 0.29) is 160 Å². The molecule has 0 unspecified atom stereocenters. The van der Waals surface area contributed by atoms with Crippen LogP contribution in [0.5, 0.6) is 80.5 Å². The van der Waals surface area contributed by atoms with Crippen LogP contribution in [0.1, 0.15) is 270 Å². The summed E-state index contributed by atoms with van der Waals surface area (Å²) in [6.07, 6.45) is 0. The molecule has 0 heterocycles. The molecule has 14 nitrogen and oxygen atoms in total. The van der Waals surface area contributed by atoms with Crippen molar-refractivity contribution in [2.75, 3.05) is 0 Å². The van der Waals surface area contributed by atoms with E-state index < -0.39 is 5.75 Å². The van der Waals surface area contributed by atoms with Crippen molar-refractivity contribution in [2.24, 2.45) is 0 Å². The molecule has 0 aliphatic heterocycles. The first-order valence-corrected chi connectivity index (χ1v) is 31.2. The molecule has 580 valence electrons. The molecule has 0 aliphatic rings. The topological polar surface area (TPSA) is 283 Å². The van der Waals surface area contributed by atoms with Crippen LogP contribution in [-0.2, 0) is 43.3 Å². The Labute approximate surface area is 620 Å². The summed E-state index contributed by atoms with van der Waals surface area (Å²) in [5.74, 6) is 0.854. The van der Waals surface area contributed by atoms with Crippen LogP contribution in [0.2, 0.25) is 0 Å². The molecule has 14 heteroatoms. The minimum Gasteiger partial charge on any atom is -0.508 e. The van der Waals surface area contributed by atoms with Gasteiger partial charge in [0.05, 0.1) is 0 Å². The standard InChI is InChI=1S/C10H14O3.4C10H14O2.3C10H14O.8CH4/c1-10(2,3)6-4-5-7(11)9(13)8(6)12;1-10(2,3)7-4-8(11)6-9(12)5-7;1-10(2,3)8-6-7(11)4-5-9(8)12;1-10(2,3)8-5-4-7(11)6-9(8)12;1-10(2,3)7-4-5-8(11)9(12)6-7;1-10(2,3)8-4-6-9(11)7-5-8;1-10(2,3)8-5-4-6-9(11)7-8;1-10(2,3)8-6-4-5-7-9(8)11;;;;;;;;/h4-5,11-13H,1-3H3;4*4-6,11-12H,1-3H3;3*4-7,11H,1-3H3;8*1H4. The highest BCUT2D eigenvalue weighted by molar-refractivity contribution is 5.55. The average molecular weight is 1430 g/mol. The second-order valence-electron chi connectivity index (χ2n) is 31.3. The maximum atomic E-state index is 9.50. The Hall–Kier alpha value is -9.04. The molecule has 0 atom stereocenters. The molecule has 0 radical (unpaired) electrons. The normalized spacial score (nSPS) is 10.7. The van der Waals surface area contributed by atoms with Gasteiger partial charge in [-0.05, 0) is 162 Å². The summed E-state index contributed by atoms with van der Waals surface area (Å²) < 4.78 is 0. The van der Waals surface area contributed by atoms with Crippen molar-refractivity contribution in [1.29, 1.82) is 0 Å². The van der Waals surface area contributed by atoms with E-state index in [0.29, 0.717) is 22.8 Å². The van der Waals surface area contributed by atoms with E-state index in [0.717, 1.165) is 33.4 Å². The lowest BCUT2D eigenvalue weighted by Crippen LogP contribution is -2.10. The molecule has 8 rings (SSSR count). The molecule has 0 saturated heterocycles. The van der Waals surface area contributed by atoms with Crippen LogP contribution in [0.15, 0.2) is 158 Å². The zero-order valence-corrected chi connectivity index (χ0v) is 60.3. The van der Waals surface area contributed by atoms with Crippen LogP contribution in [-0.4, -0.2) is 71.5 Å². The van der Waals surface area contributed by atoms with E-state index in [4.69, 9.17) is 20.4 Å². The molecule has 102 heavy (non-hydrogen) atoms. The van der Waals surface area contributed by atoms with Crippen LogP contribution < -0.4 is 0 Å². The van der Waals surface area contributed by atoms with E-state index in [1.807, 2.05) is 132 Å². The summed E-state index contributed by atoms with van der Waals surface area (Å²) in [5.41, 5.74) is 7.39. The van der Waals surface area contributed by atoms with Crippen molar-refractivity contribution < 1.29 is 71.5 Å². The maximum absolute atomic E-state index is 9.50. The lowest BCUT2D eigenvalue weighted by atomic mass is 9.86. The van der Waals surface area contributed by atoms with Gasteiger partial charge in [0.15, 0.2) is 23.0 Å². The number of hydrogen-bond acceptors (Lipinski definition) is 14. The molecule has 0 spiro atoms. The summed E-state index contributed by atoms with van der Waals surface area (Å²) >= 11 is 0. The van der Waals surface area contributed by atoms with Gasteiger partial charge in [-0.3, -0.25) is 0 Å². The van der Waals surface area contributed by atoms with Crippen LogP contribution in [0.25, 0.3) is 0 Å². The van der Waals surface area contributed by atoms with Gasteiger partial charge in [-0.1, -0.05) is 286 Å². The molecule has 0 amide bonds. The largest absolute Gasteiger partial charge is 0.508 e. The zero-order chi connectivity index (χ0) is 73.1. The smallest absolute Gasteiger partial charge is 0.200 e. The Morgan fingerprint density at radius 3 is 0.853 bits per heavy atom. The Kier molecular flexibility index (Phi) is 47.4. The first kappa shape index (κ1) is 109. The molecule has 0 aliphatic carbocycles. The minimum atomic E-state index is -0.451. The lowest BCUT2D eigenvalue weighted by Gasteiger charge is -2.20. The Morgan fingerprint density at radius 2 is 0.490 bits per heavy atom. The fourth-order valence-corrected chi connectivity index (χ4v) is 8.51. The summed E-state index contributed by atoms with van der Waals surface area (Å²) in [4.78, 5) is 0. The summed E-state index contributed by atoms with van der Waals surface area (Å²) in [5, 5.41) is 129. The van der Waals surface area contributed by atoms with Crippen molar-refractivity contribution in [2.45, 2.75) is 269 Å². The third kappa shape index (κ3) is 38.7. The van der Waals surface area contributed by atoms with Gasteiger partial charge in [-0.2, -0.15) is 0 Å². The van der Waals surface area contributed by atoms with E-state index in [9.17, 15) is 51.1 Å². The monoisotopic (exact) mass is 1430 g/mol. The molecule has 0 saturated carbocycles. The fraction of sp³-hybridized carbons (Fsp3) is 0.455. The fourth-order valence-electron chi connectivity index (χ4n) is 8.51. The van der Waals surface area contributed by atoms with Gasteiger partial charge in [-0.25, -0.2) is 0 Å². The predicted molar refractivity (Wildman–Crippen MR) is 438 cm³/mol. The van der Waals surface area contributed by atoms with Gasteiger partial charge in [0.25, 0.3) is 0 Å². The van der Waals surface area contributed by atoms with Crippen molar-refractivity contribution in [3.05, 3.63) is 202 Å². The summed E-state index contributed by atoms with van der Waals surface area (Å²) in [6.45, 7) is 49.1. The lowest BCUT2D eigenvalue weighted by molar-refractivity contribution is 0.359. The highest BCUT2D eigenvalue weighted by atomic mass is 16.3. The predicted octanol–water partition coefficient (Wildman–Crippen LogP) is 24.8. The Balaban J connectivity index is -0.000000163. The quantitative estimate of drug-likeness (QED) is 0.0497. The van der Waals surface area contributed by atoms with Crippen LogP contribution >= 0.6 is 0 Å². The number of phenolic OH excluding ortho intramolecular Hbond substituents is 14. The van der Waals surface area contributed by atoms with Crippen molar-refractivity contribution in [3.63, 3.8) is 0 Å². The van der Waals surface area contributed by atoms with Crippen molar-refractivity contribution >= 4 is 0 Å². The molecule has 14 N–H and O–H groups in total. The maximum Gasteiger partial charge on any atom is 0.200 e. The number of rotatable bonds is 0. The molecular weight excluding hydrogens is 1280 g/mol. The average Bonchev–Trinajstić information content (AvgIpc) is 0.825. The first-order valence-electron chi connectivity index (χ1n) is 31.2. The van der Waals surface area contributed by atoms with Crippen LogP contribution in [0.4, 0.5) is 0 Å². The van der Waals surface area contributed by atoms with E-state index in [2.05, 4.69) is 83.1 Å². The number of aromatic hydroxyl groups is 14. The number of phenols is 14. The van der Waals surface area contributed by atoms with Gasteiger partial charge in [0.2, 0.25) is 5.75 Å². The second kappa shape index (κ2) is 44.4. The molecular formula is C88H144O14. The number of hydrogen-bond donors (Lipinski definition) is 14. The SMILES string of the molecule is C.C.C.C.C.C.C.C.CC(C)(C)c1cc(O)cc(O)c1.CC(C)(C)c1cc(O)ccc1O.CC(C)(C)c1ccc(O)c(O)c1.CC(C)(C)c1ccc(O)c(O)c1O.CC(C)(C)c1ccc(O)cc1.CC(C)(C)c1ccc(O)cc1O.CC(C)(C)c1cccc(O)c1.CC(C)(C)c1ccccc1O. The van der Waals surface area contributed by atoms with E-state index >= 15 is 0 Å². The van der Waals surface area contributed by atoms with Gasteiger partial charge >= 0.3 is 0 Å². The Bertz CT molecular complexity index is 3600. The number of benzene rings is 8. The third-order valence-corrected chi connectivity index (χ3v) is 14.3. The van der Waals surface area contributed by atoms with E-state index in [1.165, 1.54) is 42.0 Å². The van der Waals surface area contributed by atoms with Gasteiger partial charge in [0, 0.05) is 23.3 Å². The van der Waals surface area contributed by atoms with Crippen molar-refractivity contribution in [1.82, 2.24) is 0 Å². The highest BCUT2D eigenvalue weighted by Gasteiger charge is 2.23. The van der Waals surface area contributed by atoms with Gasteiger partial charge in [-0.15, -0.1) is 0 Å². The molecule has 0 aromatic heterocycles. The molecule has 8 aromatic carbocycles. The second-order valence-corrected chi connectivity index (χ2v) is 31.3. The minimum absolute atomic E-state index is 0. The molecule has 0 bridgehead atoms. The summed E-state index contributed by atoms with van der Waals surface area (Å²) in [6, 6.07) is 44.0. The van der Waals surface area contributed by atoms with Crippen molar-refractivity contribution in [3.8, 4) is 80.5 Å². The van der Waals surface area contributed by atoms with Gasteiger partial charge < -0.3 is 71.5 Å². The van der Waals surface area contributed by atoms with Crippen LogP contribution in [0.3, 0.4) is 0 Å². The summed E-state index contributed by atoms with van der Waals surface area (Å²) in [7, 11) is 0.